The third-order valence-corrected chi connectivity index (χ3v) is 4.86. The quantitative estimate of drug-likeness (QED) is 0.573. The van der Waals surface area contributed by atoms with Gasteiger partial charge in [0.25, 0.3) is 0 Å². The van der Waals surface area contributed by atoms with Crippen molar-refractivity contribution in [1.29, 1.82) is 0 Å². The van der Waals surface area contributed by atoms with Crippen molar-refractivity contribution in [1.82, 2.24) is 0 Å². The Morgan fingerprint density at radius 3 is 2.59 bits per heavy atom. The van der Waals surface area contributed by atoms with Crippen molar-refractivity contribution in [2.24, 2.45) is 5.92 Å². The summed E-state index contributed by atoms with van der Waals surface area (Å²) >= 11 is 0. The summed E-state index contributed by atoms with van der Waals surface area (Å²) in [6.45, 7) is 6.14. The second kappa shape index (κ2) is 10.2. The number of fused-ring (bicyclic) bond motifs is 1. The molecule has 7 nitrogen and oxygen atoms in total. The first-order valence-electron chi connectivity index (χ1n) is 9.81. The molecule has 0 amide bonds. The lowest BCUT2D eigenvalue weighted by Crippen LogP contribution is -2.32. The predicted octanol–water partition coefficient (Wildman–Crippen LogP) is 2.66. The maximum Gasteiger partial charge on any atom is 0.342 e. The van der Waals surface area contributed by atoms with Gasteiger partial charge in [0.05, 0.1) is 6.10 Å². The van der Waals surface area contributed by atoms with Crippen molar-refractivity contribution >= 4 is 23.5 Å². The third-order valence-electron chi connectivity index (χ3n) is 4.86. The summed E-state index contributed by atoms with van der Waals surface area (Å²) in [5.74, 6) is -1.82. The van der Waals surface area contributed by atoms with Crippen molar-refractivity contribution in [2.75, 3.05) is 11.9 Å². The molecule has 1 aliphatic heterocycles. The van der Waals surface area contributed by atoms with E-state index >= 15 is 0 Å². The van der Waals surface area contributed by atoms with Crippen molar-refractivity contribution in [3.63, 3.8) is 0 Å². The minimum absolute atomic E-state index is 0.00539. The zero-order chi connectivity index (χ0) is 21.6. The molecule has 4 N–H and O–H groups in total. The van der Waals surface area contributed by atoms with Crippen LogP contribution in [0.3, 0.4) is 0 Å². The number of phenolic OH excluding ortho intramolecular Hbond substituents is 1. The van der Waals surface area contributed by atoms with E-state index in [0.717, 1.165) is 6.42 Å². The molecule has 0 saturated heterocycles. The number of aromatic hydroxyl groups is 1. The van der Waals surface area contributed by atoms with Gasteiger partial charge in [-0.2, -0.15) is 0 Å². The molecule has 0 aliphatic carbocycles. The summed E-state index contributed by atoms with van der Waals surface area (Å²) in [7, 11) is 0. The lowest BCUT2D eigenvalue weighted by Gasteiger charge is -2.20. The summed E-state index contributed by atoms with van der Waals surface area (Å²) in [4.78, 5) is 24.8. The lowest BCUT2D eigenvalue weighted by atomic mass is 9.99. The molecule has 1 heterocycles. The van der Waals surface area contributed by atoms with E-state index in [1.54, 1.807) is 26.0 Å². The number of anilines is 1. The number of cyclic esters (lactones) is 1. The molecular weight excluding hydrogens is 374 g/mol. The highest BCUT2D eigenvalue weighted by Gasteiger charge is 2.25. The molecule has 0 spiro atoms. The van der Waals surface area contributed by atoms with Crippen molar-refractivity contribution in [3.05, 3.63) is 41.5 Å². The van der Waals surface area contributed by atoms with Crippen LogP contribution in [-0.4, -0.2) is 51.9 Å². The average Bonchev–Trinajstić information content (AvgIpc) is 2.68. The second-order valence-corrected chi connectivity index (χ2v) is 7.27. The molecule has 4 atom stereocenters. The number of hydrogen-bond donors (Lipinski definition) is 4. The molecule has 2 rings (SSSR count). The Labute approximate surface area is 170 Å². The summed E-state index contributed by atoms with van der Waals surface area (Å²) in [6, 6.07) is 3.17. The second-order valence-electron chi connectivity index (χ2n) is 7.27. The Hall–Kier alpha value is -2.64. The van der Waals surface area contributed by atoms with Crippen molar-refractivity contribution in [2.45, 2.75) is 51.9 Å². The highest BCUT2D eigenvalue weighted by molar-refractivity contribution is 5.97. The Bertz CT molecular complexity index is 801. The van der Waals surface area contributed by atoms with E-state index in [0.29, 0.717) is 17.8 Å². The number of carbonyl (C=O) groups is 2. The van der Waals surface area contributed by atoms with Gasteiger partial charge in [-0.1, -0.05) is 32.1 Å². The van der Waals surface area contributed by atoms with Crippen LogP contribution in [0.4, 0.5) is 5.69 Å². The van der Waals surface area contributed by atoms with E-state index in [1.165, 1.54) is 24.3 Å². The lowest BCUT2D eigenvalue weighted by molar-refractivity contribution is -0.127. The van der Waals surface area contributed by atoms with Gasteiger partial charge >= 0.3 is 5.97 Å². The number of ketones is 1. The van der Waals surface area contributed by atoms with Crippen molar-refractivity contribution < 1.29 is 29.6 Å². The van der Waals surface area contributed by atoms with Gasteiger partial charge in [0.1, 0.15) is 23.5 Å². The molecule has 0 saturated carbocycles. The number of hydrogen-bond acceptors (Lipinski definition) is 7. The number of esters is 1. The maximum absolute atomic E-state index is 12.7. The Kier molecular flexibility index (Phi) is 7.99. The minimum Gasteiger partial charge on any atom is -0.507 e. The first kappa shape index (κ1) is 22.6. The van der Waals surface area contributed by atoms with E-state index in [1.807, 2.05) is 6.92 Å². The molecule has 0 aromatic heterocycles. The third kappa shape index (κ3) is 5.92. The molecule has 1 aromatic rings. The first-order chi connectivity index (χ1) is 13.7. The highest BCUT2D eigenvalue weighted by Crippen LogP contribution is 2.30. The monoisotopic (exact) mass is 403 g/mol. The van der Waals surface area contributed by atoms with E-state index in [-0.39, 0.29) is 23.7 Å². The topological polar surface area (TPSA) is 116 Å². The summed E-state index contributed by atoms with van der Waals surface area (Å²) in [6.07, 6.45) is 3.28. The van der Waals surface area contributed by atoms with Crippen LogP contribution in [0.5, 0.6) is 5.75 Å². The van der Waals surface area contributed by atoms with E-state index in [9.17, 15) is 24.9 Å². The summed E-state index contributed by atoms with van der Waals surface area (Å²) in [5, 5.41) is 33.7. The zero-order valence-corrected chi connectivity index (χ0v) is 17.0. The molecule has 1 aromatic carbocycles. The van der Waals surface area contributed by atoms with Crippen LogP contribution < -0.4 is 5.32 Å². The number of ether oxygens (including phenoxy) is 1. The number of aliphatic hydroxyl groups excluding tert-OH is 2. The van der Waals surface area contributed by atoms with Crippen LogP contribution in [0.15, 0.2) is 30.4 Å². The maximum atomic E-state index is 12.7. The van der Waals surface area contributed by atoms with Crippen LogP contribution in [-0.2, 0) is 9.53 Å². The molecule has 7 heteroatoms. The molecule has 0 fully saturated rings. The first-order valence-corrected chi connectivity index (χ1v) is 9.81. The van der Waals surface area contributed by atoms with Crippen LogP contribution >= 0.6 is 0 Å². The van der Waals surface area contributed by atoms with Crippen LogP contribution in [0.1, 0.15) is 49.5 Å². The Morgan fingerprint density at radius 2 is 1.90 bits per heavy atom. The highest BCUT2D eigenvalue weighted by atomic mass is 16.5. The van der Waals surface area contributed by atoms with Crippen LogP contribution in [0.25, 0.3) is 6.08 Å². The molecule has 1 aliphatic rings. The number of benzene rings is 1. The Morgan fingerprint density at radius 1 is 1.17 bits per heavy atom. The summed E-state index contributed by atoms with van der Waals surface area (Å²) in [5.41, 5.74) is 1.07. The van der Waals surface area contributed by atoms with Gasteiger partial charge in [-0.05, 0) is 37.5 Å². The molecule has 0 bridgehead atoms. The number of carbonyl (C=O) groups excluding carboxylic acids is 2. The zero-order valence-electron chi connectivity index (χ0n) is 17.0. The number of rotatable bonds is 3. The number of nitrogens with one attached hydrogen (secondary N) is 1. The van der Waals surface area contributed by atoms with Gasteiger partial charge in [-0.15, -0.1) is 0 Å². The van der Waals surface area contributed by atoms with Gasteiger partial charge in [-0.25, -0.2) is 4.79 Å². The normalized spacial score (nSPS) is 28.0. The standard InChI is InChI=1S/C22H29NO6/c1-4-10-23-16-11-15-6-5-7-17(24)21(27)18(25)9-8-13(2)14(3)29-22(28)20(15)19(26)12-16/h5-6,8-9,11-14,17,21,23-24,26-27H,4,7,10H2,1-3H3/b6-5+,9-8-/t13-,14+,17+,21+/m1/s1. The molecule has 158 valence electrons. The fourth-order valence-electron chi connectivity index (χ4n) is 2.86. The van der Waals surface area contributed by atoms with Gasteiger partial charge in [0.2, 0.25) is 0 Å². The minimum atomic E-state index is -1.55. The summed E-state index contributed by atoms with van der Waals surface area (Å²) < 4.78 is 5.49. The largest absolute Gasteiger partial charge is 0.507 e. The van der Waals surface area contributed by atoms with Gasteiger partial charge in [0, 0.05) is 24.2 Å². The van der Waals surface area contributed by atoms with E-state index in [4.69, 9.17) is 4.74 Å². The molecule has 29 heavy (non-hydrogen) atoms. The Balaban J connectivity index is 2.47. The number of phenols is 1. The molecular formula is C22H29NO6. The smallest absolute Gasteiger partial charge is 0.342 e. The molecule has 0 unspecified atom stereocenters. The van der Waals surface area contributed by atoms with E-state index < -0.39 is 30.1 Å². The van der Waals surface area contributed by atoms with Gasteiger partial charge in [-0.3, -0.25) is 4.79 Å². The predicted molar refractivity (Wildman–Crippen MR) is 111 cm³/mol. The van der Waals surface area contributed by atoms with Crippen LogP contribution in [0, 0.1) is 5.92 Å². The van der Waals surface area contributed by atoms with Crippen LogP contribution in [0.2, 0.25) is 0 Å². The fraction of sp³-hybridized carbons (Fsp3) is 0.455. The molecule has 0 radical (unpaired) electrons. The average molecular weight is 403 g/mol. The SMILES string of the molecule is CCCNc1cc(O)c2c(c1)/C=C/C[C@H](O)[C@H](O)C(=O)/C=C\[C@@H](C)[C@H](C)OC2=O. The van der Waals surface area contributed by atoms with E-state index in [2.05, 4.69) is 5.32 Å². The fourth-order valence-corrected chi connectivity index (χ4v) is 2.86. The van der Waals surface area contributed by atoms with Gasteiger partial charge < -0.3 is 25.4 Å². The van der Waals surface area contributed by atoms with Crippen molar-refractivity contribution in [3.8, 4) is 5.75 Å². The van der Waals surface area contributed by atoms with Gasteiger partial charge in [0.15, 0.2) is 5.78 Å². The number of aliphatic hydroxyl groups is 2.